The van der Waals surface area contributed by atoms with E-state index in [1.165, 1.54) is 5.56 Å². The summed E-state index contributed by atoms with van der Waals surface area (Å²) in [5.74, 6) is 0.748. The SMILES string of the molecule is CCCc1ccnc(O[C@H]2C[C@@H](N)C2)c1. The first-order chi connectivity index (χ1) is 7.28. The molecule has 3 heteroatoms. The molecule has 0 atom stereocenters. The average Bonchev–Trinajstić information content (AvgIpc) is 2.17. The summed E-state index contributed by atoms with van der Waals surface area (Å²) in [5, 5.41) is 0. The van der Waals surface area contributed by atoms with Gasteiger partial charge in [-0.05, 0) is 30.9 Å². The Bertz CT molecular complexity index is 321. The standard InChI is InChI=1S/C12H18N2O/c1-2-3-9-4-5-14-12(6-9)15-11-7-10(13)8-11/h4-6,10-11H,2-3,7-8,13H2,1H3/t10-,11+. The van der Waals surface area contributed by atoms with Gasteiger partial charge in [0.1, 0.15) is 6.10 Å². The van der Waals surface area contributed by atoms with E-state index in [2.05, 4.69) is 11.9 Å². The van der Waals surface area contributed by atoms with Crippen LogP contribution in [-0.2, 0) is 6.42 Å². The summed E-state index contributed by atoms with van der Waals surface area (Å²) in [4.78, 5) is 4.21. The molecule has 2 N–H and O–H groups in total. The Morgan fingerprint density at radius 1 is 1.53 bits per heavy atom. The lowest BCUT2D eigenvalue weighted by Crippen LogP contribution is -2.43. The zero-order valence-corrected chi connectivity index (χ0v) is 9.15. The molecule has 1 aliphatic carbocycles. The molecule has 15 heavy (non-hydrogen) atoms. The van der Waals surface area contributed by atoms with Crippen LogP contribution >= 0.6 is 0 Å². The lowest BCUT2D eigenvalue weighted by Gasteiger charge is -2.32. The smallest absolute Gasteiger partial charge is 0.213 e. The van der Waals surface area contributed by atoms with Crippen LogP contribution < -0.4 is 10.5 Å². The Morgan fingerprint density at radius 3 is 3.00 bits per heavy atom. The molecule has 0 saturated heterocycles. The van der Waals surface area contributed by atoms with Crippen LogP contribution in [0.25, 0.3) is 0 Å². The number of rotatable bonds is 4. The number of pyridine rings is 1. The van der Waals surface area contributed by atoms with Crippen LogP contribution in [0.4, 0.5) is 0 Å². The molecule has 0 amide bonds. The van der Waals surface area contributed by atoms with Gasteiger partial charge in [-0.2, -0.15) is 0 Å². The minimum atomic E-state index is 0.282. The molecule has 0 spiro atoms. The molecule has 3 nitrogen and oxygen atoms in total. The highest BCUT2D eigenvalue weighted by Crippen LogP contribution is 2.23. The van der Waals surface area contributed by atoms with Gasteiger partial charge in [0.05, 0.1) is 0 Å². The Kier molecular flexibility index (Phi) is 3.21. The maximum Gasteiger partial charge on any atom is 0.213 e. The van der Waals surface area contributed by atoms with Gasteiger partial charge in [0.25, 0.3) is 0 Å². The molecule has 1 aliphatic rings. The van der Waals surface area contributed by atoms with E-state index in [1.54, 1.807) is 0 Å². The van der Waals surface area contributed by atoms with E-state index in [0.717, 1.165) is 31.6 Å². The third-order valence-electron chi connectivity index (χ3n) is 2.76. The molecule has 1 heterocycles. The van der Waals surface area contributed by atoms with E-state index >= 15 is 0 Å². The number of hydrogen-bond acceptors (Lipinski definition) is 3. The molecule has 0 aromatic carbocycles. The monoisotopic (exact) mass is 206 g/mol. The van der Waals surface area contributed by atoms with Gasteiger partial charge >= 0.3 is 0 Å². The molecular weight excluding hydrogens is 188 g/mol. The number of aromatic nitrogens is 1. The number of nitrogens with two attached hydrogens (primary N) is 1. The summed E-state index contributed by atoms with van der Waals surface area (Å²) in [5.41, 5.74) is 7.00. The summed E-state index contributed by atoms with van der Waals surface area (Å²) in [6.07, 6.45) is 6.25. The van der Waals surface area contributed by atoms with Crippen molar-refractivity contribution in [3.63, 3.8) is 0 Å². The van der Waals surface area contributed by atoms with E-state index in [4.69, 9.17) is 10.5 Å². The van der Waals surface area contributed by atoms with Gasteiger partial charge in [0, 0.05) is 18.3 Å². The molecule has 0 bridgehead atoms. The molecule has 1 saturated carbocycles. The predicted octanol–water partition coefficient (Wildman–Crippen LogP) is 1.90. The van der Waals surface area contributed by atoms with Crippen LogP contribution in [0.15, 0.2) is 18.3 Å². The molecule has 1 fully saturated rings. The van der Waals surface area contributed by atoms with E-state index < -0.39 is 0 Å². The van der Waals surface area contributed by atoms with Gasteiger partial charge in [-0.1, -0.05) is 13.3 Å². The van der Waals surface area contributed by atoms with Crippen molar-refractivity contribution < 1.29 is 4.74 Å². The number of hydrogen-bond donors (Lipinski definition) is 1. The van der Waals surface area contributed by atoms with E-state index in [0.29, 0.717) is 6.04 Å². The van der Waals surface area contributed by atoms with Crippen LogP contribution in [0.3, 0.4) is 0 Å². The van der Waals surface area contributed by atoms with Crippen molar-refractivity contribution in [2.24, 2.45) is 5.73 Å². The normalized spacial score (nSPS) is 24.7. The molecule has 1 aromatic rings. The Labute approximate surface area is 90.7 Å². The molecular formula is C12H18N2O. The molecule has 82 valence electrons. The first kappa shape index (κ1) is 10.4. The molecule has 1 aromatic heterocycles. The Hall–Kier alpha value is -1.09. The first-order valence-corrected chi connectivity index (χ1v) is 5.65. The highest BCUT2D eigenvalue weighted by Gasteiger charge is 2.27. The summed E-state index contributed by atoms with van der Waals surface area (Å²) in [7, 11) is 0. The lowest BCUT2D eigenvalue weighted by molar-refractivity contribution is 0.0957. The van der Waals surface area contributed by atoms with Gasteiger partial charge < -0.3 is 10.5 Å². The topological polar surface area (TPSA) is 48.1 Å². The Morgan fingerprint density at radius 2 is 2.33 bits per heavy atom. The molecule has 0 aliphatic heterocycles. The fraction of sp³-hybridized carbons (Fsp3) is 0.583. The second-order valence-corrected chi connectivity index (χ2v) is 4.22. The zero-order valence-electron chi connectivity index (χ0n) is 9.15. The third-order valence-corrected chi connectivity index (χ3v) is 2.76. The van der Waals surface area contributed by atoms with Gasteiger partial charge in [-0.3, -0.25) is 0 Å². The largest absolute Gasteiger partial charge is 0.474 e. The van der Waals surface area contributed by atoms with Gasteiger partial charge in [-0.25, -0.2) is 4.98 Å². The van der Waals surface area contributed by atoms with Crippen LogP contribution in [-0.4, -0.2) is 17.1 Å². The number of aryl methyl sites for hydroxylation is 1. The van der Waals surface area contributed by atoms with Crippen LogP contribution in [0.5, 0.6) is 5.88 Å². The summed E-state index contributed by atoms with van der Waals surface area (Å²) >= 11 is 0. The van der Waals surface area contributed by atoms with Crippen molar-refractivity contribution >= 4 is 0 Å². The van der Waals surface area contributed by atoms with Gasteiger partial charge in [-0.15, -0.1) is 0 Å². The van der Waals surface area contributed by atoms with Crippen molar-refractivity contribution in [1.29, 1.82) is 0 Å². The Balaban J connectivity index is 1.93. The van der Waals surface area contributed by atoms with Crippen molar-refractivity contribution in [1.82, 2.24) is 4.98 Å². The van der Waals surface area contributed by atoms with E-state index in [9.17, 15) is 0 Å². The van der Waals surface area contributed by atoms with Crippen LogP contribution in [0.1, 0.15) is 31.7 Å². The maximum atomic E-state index is 5.72. The zero-order chi connectivity index (χ0) is 10.7. The highest BCUT2D eigenvalue weighted by molar-refractivity contribution is 5.21. The molecule has 2 rings (SSSR count). The van der Waals surface area contributed by atoms with Crippen molar-refractivity contribution in [2.75, 3.05) is 0 Å². The highest BCUT2D eigenvalue weighted by atomic mass is 16.5. The summed E-state index contributed by atoms with van der Waals surface area (Å²) in [6, 6.07) is 4.41. The quantitative estimate of drug-likeness (QED) is 0.818. The lowest BCUT2D eigenvalue weighted by atomic mass is 9.90. The third kappa shape index (κ3) is 2.69. The van der Waals surface area contributed by atoms with E-state index in [-0.39, 0.29) is 6.10 Å². The summed E-state index contributed by atoms with van der Waals surface area (Å²) < 4.78 is 5.72. The minimum Gasteiger partial charge on any atom is -0.474 e. The van der Waals surface area contributed by atoms with E-state index in [1.807, 2.05) is 18.3 Å². The number of nitrogens with zero attached hydrogens (tertiary/aromatic N) is 1. The number of ether oxygens (including phenoxy) is 1. The minimum absolute atomic E-state index is 0.282. The summed E-state index contributed by atoms with van der Waals surface area (Å²) in [6.45, 7) is 2.17. The fourth-order valence-electron chi connectivity index (χ4n) is 1.83. The fourth-order valence-corrected chi connectivity index (χ4v) is 1.83. The van der Waals surface area contributed by atoms with Crippen LogP contribution in [0.2, 0.25) is 0 Å². The predicted molar refractivity (Wildman–Crippen MR) is 59.9 cm³/mol. The van der Waals surface area contributed by atoms with Crippen molar-refractivity contribution in [3.05, 3.63) is 23.9 Å². The first-order valence-electron chi connectivity index (χ1n) is 5.65. The average molecular weight is 206 g/mol. The van der Waals surface area contributed by atoms with Crippen molar-refractivity contribution in [3.8, 4) is 5.88 Å². The molecule has 0 radical (unpaired) electrons. The second kappa shape index (κ2) is 4.62. The second-order valence-electron chi connectivity index (χ2n) is 4.22. The van der Waals surface area contributed by atoms with Gasteiger partial charge in [0.2, 0.25) is 5.88 Å². The maximum absolute atomic E-state index is 5.72. The van der Waals surface area contributed by atoms with Crippen LogP contribution in [0, 0.1) is 0 Å². The molecule has 0 unspecified atom stereocenters. The van der Waals surface area contributed by atoms with Crippen molar-refractivity contribution in [2.45, 2.75) is 44.8 Å². The van der Waals surface area contributed by atoms with Gasteiger partial charge in [0.15, 0.2) is 0 Å².